The van der Waals surface area contributed by atoms with Gasteiger partial charge in [0.2, 0.25) is 0 Å². The SMILES string of the molecule is COc1cccc(CN(CCC(C)C)CC(O)COC(C)(C)C)c1. The van der Waals surface area contributed by atoms with Crippen LogP contribution < -0.4 is 4.74 Å². The predicted octanol–water partition coefficient (Wildman–Crippen LogP) is 3.72. The standard InChI is InChI=1S/C20H35NO3/c1-16(2)10-11-21(14-18(22)15-24-20(3,4)5)13-17-8-7-9-19(12-17)23-6/h7-9,12,16,18,22H,10-11,13-15H2,1-6H3. The van der Waals surface area contributed by atoms with Gasteiger partial charge in [0, 0.05) is 13.1 Å². The molecule has 4 nitrogen and oxygen atoms in total. The number of benzene rings is 1. The van der Waals surface area contributed by atoms with Crippen LogP contribution in [0.5, 0.6) is 5.75 Å². The largest absolute Gasteiger partial charge is 0.497 e. The Bertz CT molecular complexity index is 468. The first kappa shape index (κ1) is 20.9. The maximum atomic E-state index is 10.3. The van der Waals surface area contributed by atoms with E-state index in [4.69, 9.17) is 9.47 Å². The zero-order valence-electron chi connectivity index (χ0n) is 16.2. The zero-order valence-corrected chi connectivity index (χ0v) is 16.2. The van der Waals surface area contributed by atoms with Crippen LogP contribution in [0.2, 0.25) is 0 Å². The van der Waals surface area contributed by atoms with Gasteiger partial charge in [-0.05, 0) is 57.4 Å². The summed E-state index contributed by atoms with van der Waals surface area (Å²) in [5.41, 5.74) is 0.971. The summed E-state index contributed by atoms with van der Waals surface area (Å²) in [6, 6.07) is 8.12. The van der Waals surface area contributed by atoms with E-state index in [1.165, 1.54) is 5.56 Å². The number of aliphatic hydroxyl groups is 1. The van der Waals surface area contributed by atoms with Crippen LogP contribution in [-0.4, -0.2) is 48.5 Å². The van der Waals surface area contributed by atoms with Gasteiger partial charge in [-0.25, -0.2) is 0 Å². The molecule has 0 aliphatic rings. The normalized spacial score (nSPS) is 13.5. The van der Waals surface area contributed by atoms with Crippen LogP contribution in [0.4, 0.5) is 0 Å². The number of ether oxygens (including phenoxy) is 2. The fraction of sp³-hybridized carbons (Fsp3) is 0.700. The van der Waals surface area contributed by atoms with E-state index in [0.717, 1.165) is 25.3 Å². The first-order chi connectivity index (χ1) is 11.2. The minimum Gasteiger partial charge on any atom is -0.497 e. The minimum absolute atomic E-state index is 0.226. The van der Waals surface area contributed by atoms with Crippen molar-refractivity contribution in [3.05, 3.63) is 29.8 Å². The Kier molecular flexibility index (Phi) is 8.74. The first-order valence-electron chi connectivity index (χ1n) is 8.87. The Morgan fingerprint density at radius 1 is 1.21 bits per heavy atom. The minimum atomic E-state index is -0.484. The third-order valence-electron chi connectivity index (χ3n) is 3.74. The van der Waals surface area contributed by atoms with Crippen molar-refractivity contribution in [1.29, 1.82) is 0 Å². The molecular formula is C20H35NO3. The maximum absolute atomic E-state index is 10.3. The highest BCUT2D eigenvalue weighted by Gasteiger charge is 2.17. The van der Waals surface area contributed by atoms with E-state index in [1.54, 1.807) is 7.11 Å². The summed E-state index contributed by atoms with van der Waals surface area (Å²) in [7, 11) is 1.68. The molecule has 4 heteroatoms. The van der Waals surface area contributed by atoms with Gasteiger partial charge in [-0.15, -0.1) is 0 Å². The van der Waals surface area contributed by atoms with Crippen molar-refractivity contribution in [3.63, 3.8) is 0 Å². The number of rotatable bonds is 10. The highest BCUT2D eigenvalue weighted by Crippen LogP contribution is 2.16. The lowest BCUT2D eigenvalue weighted by Crippen LogP contribution is -2.37. The third kappa shape index (κ3) is 9.26. The Morgan fingerprint density at radius 2 is 1.92 bits per heavy atom. The second kappa shape index (κ2) is 10.0. The maximum Gasteiger partial charge on any atom is 0.119 e. The Labute approximate surface area is 147 Å². The van der Waals surface area contributed by atoms with Crippen LogP contribution in [0.15, 0.2) is 24.3 Å². The Balaban J connectivity index is 2.65. The van der Waals surface area contributed by atoms with Gasteiger partial charge in [-0.3, -0.25) is 4.90 Å². The molecule has 1 N–H and O–H groups in total. The van der Waals surface area contributed by atoms with Gasteiger partial charge in [-0.1, -0.05) is 26.0 Å². The van der Waals surface area contributed by atoms with Crippen molar-refractivity contribution in [1.82, 2.24) is 4.90 Å². The molecule has 0 bridgehead atoms. The van der Waals surface area contributed by atoms with Crippen molar-refractivity contribution in [2.24, 2.45) is 5.92 Å². The number of hydrogen-bond acceptors (Lipinski definition) is 4. The molecule has 0 aromatic heterocycles. The summed E-state index contributed by atoms with van der Waals surface area (Å²) < 4.78 is 11.0. The van der Waals surface area contributed by atoms with Crippen molar-refractivity contribution in [2.75, 3.05) is 26.8 Å². The van der Waals surface area contributed by atoms with Crippen molar-refractivity contribution < 1.29 is 14.6 Å². The summed E-state index contributed by atoms with van der Waals surface area (Å²) in [4.78, 5) is 2.30. The lowest BCUT2D eigenvalue weighted by molar-refractivity contribution is -0.0568. The van der Waals surface area contributed by atoms with Crippen LogP contribution in [0.25, 0.3) is 0 Å². The number of hydrogen-bond donors (Lipinski definition) is 1. The lowest BCUT2D eigenvalue weighted by atomic mass is 10.1. The fourth-order valence-electron chi connectivity index (χ4n) is 2.40. The molecule has 1 rings (SSSR count). The quantitative estimate of drug-likeness (QED) is 0.706. The molecule has 0 heterocycles. The summed E-state index contributed by atoms with van der Waals surface area (Å²) in [5, 5.41) is 10.3. The average molecular weight is 338 g/mol. The molecule has 0 radical (unpaired) electrons. The Hall–Kier alpha value is -1.10. The van der Waals surface area contributed by atoms with E-state index in [2.05, 4.69) is 30.9 Å². The monoisotopic (exact) mass is 337 g/mol. The highest BCUT2D eigenvalue weighted by molar-refractivity contribution is 5.28. The summed E-state index contributed by atoms with van der Waals surface area (Å²) in [5.74, 6) is 1.51. The van der Waals surface area contributed by atoms with E-state index in [-0.39, 0.29) is 5.60 Å². The summed E-state index contributed by atoms with van der Waals surface area (Å²) >= 11 is 0. The van der Waals surface area contributed by atoms with Gasteiger partial charge in [0.15, 0.2) is 0 Å². The smallest absolute Gasteiger partial charge is 0.119 e. The van der Waals surface area contributed by atoms with Gasteiger partial charge in [0.1, 0.15) is 5.75 Å². The molecule has 0 aliphatic carbocycles. The van der Waals surface area contributed by atoms with Crippen molar-refractivity contribution in [2.45, 2.75) is 59.3 Å². The topological polar surface area (TPSA) is 41.9 Å². The van der Waals surface area contributed by atoms with Gasteiger partial charge < -0.3 is 14.6 Å². The molecule has 24 heavy (non-hydrogen) atoms. The van der Waals surface area contributed by atoms with Crippen LogP contribution in [0, 0.1) is 5.92 Å². The number of methoxy groups -OCH3 is 1. The molecule has 0 fully saturated rings. The molecule has 0 saturated carbocycles. The van der Waals surface area contributed by atoms with Crippen LogP contribution >= 0.6 is 0 Å². The van der Waals surface area contributed by atoms with Gasteiger partial charge in [0.25, 0.3) is 0 Å². The van der Waals surface area contributed by atoms with Gasteiger partial charge in [-0.2, -0.15) is 0 Å². The molecule has 1 aromatic carbocycles. The zero-order chi connectivity index (χ0) is 18.2. The van der Waals surface area contributed by atoms with Crippen LogP contribution in [0.1, 0.15) is 46.6 Å². The molecule has 0 aliphatic heterocycles. The van der Waals surface area contributed by atoms with Crippen molar-refractivity contribution in [3.8, 4) is 5.75 Å². The molecule has 138 valence electrons. The highest BCUT2D eigenvalue weighted by atomic mass is 16.5. The van der Waals surface area contributed by atoms with Gasteiger partial charge in [0.05, 0.1) is 25.4 Å². The van der Waals surface area contributed by atoms with E-state index < -0.39 is 6.10 Å². The number of nitrogens with zero attached hydrogens (tertiary/aromatic N) is 1. The Morgan fingerprint density at radius 3 is 2.50 bits per heavy atom. The molecule has 1 atom stereocenters. The van der Waals surface area contributed by atoms with Crippen LogP contribution in [0.3, 0.4) is 0 Å². The molecule has 0 spiro atoms. The molecule has 1 unspecified atom stereocenters. The first-order valence-corrected chi connectivity index (χ1v) is 8.87. The summed E-state index contributed by atoms with van der Waals surface area (Å²) in [6.07, 6.45) is 0.624. The van der Waals surface area contributed by atoms with E-state index in [9.17, 15) is 5.11 Å². The molecular weight excluding hydrogens is 302 g/mol. The fourth-order valence-corrected chi connectivity index (χ4v) is 2.40. The van der Waals surface area contributed by atoms with Crippen LogP contribution in [-0.2, 0) is 11.3 Å². The predicted molar refractivity (Wildman–Crippen MR) is 99.4 cm³/mol. The second-order valence-electron chi connectivity index (χ2n) is 7.85. The van der Waals surface area contributed by atoms with Crippen molar-refractivity contribution >= 4 is 0 Å². The third-order valence-corrected chi connectivity index (χ3v) is 3.74. The van der Waals surface area contributed by atoms with Gasteiger partial charge >= 0.3 is 0 Å². The second-order valence-corrected chi connectivity index (χ2v) is 7.85. The molecule has 0 amide bonds. The van der Waals surface area contributed by atoms with E-state index in [0.29, 0.717) is 19.1 Å². The average Bonchev–Trinajstić information content (AvgIpc) is 2.50. The van der Waals surface area contributed by atoms with E-state index in [1.807, 2.05) is 32.9 Å². The van der Waals surface area contributed by atoms with E-state index >= 15 is 0 Å². The lowest BCUT2D eigenvalue weighted by Gasteiger charge is -2.28. The molecule has 0 saturated heterocycles. The summed E-state index contributed by atoms with van der Waals surface area (Å²) in [6.45, 7) is 13.2. The number of aliphatic hydroxyl groups excluding tert-OH is 1. The molecule has 1 aromatic rings.